The van der Waals surface area contributed by atoms with E-state index in [1.165, 1.54) is 74.3 Å². The number of piperidine rings is 2. The molecule has 2 aromatic heterocycles. The number of aromatic nitrogens is 2. The molecular weight excluding hydrogens is 516 g/mol. The number of rotatable bonds is 6. The first-order valence-corrected chi connectivity index (χ1v) is 16.9. The van der Waals surface area contributed by atoms with E-state index >= 15 is 0 Å². The first-order chi connectivity index (χ1) is 20.5. The Hall–Kier alpha value is -2.47. The van der Waals surface area contributed by atoms with E-state index in [4.69, 9.17) is 4.98 Å². The van der Waals surface area contributed by atoms with Crippen LogP contribution in [0.5, 0.6) is 0 Å². The van der Waals surface area contributed by atoms with Crippen molar-refractivity contribution >= 4 is 27.4 Å². The number of hydrogen-bond donors (Lipinski definition) is 2. The Balaban J connectivity index is 1.38. The van der Waals surface area contributed by atoms with E-state index < -0.39 is 5.60 Å². The third-order valence-corrected chi connectivity index (χ3v) is 12.3. The summed E-state index contributed by atoms with van der Waals surface area (Å²) in [6.45, 7) is 11.3. The summed E-state index contributed by atoms with van der Waals surface area (Å²) in [5.41, 5.74) is 4.04. The first kappa shape index (κ1) is 27.1. The molecule has 222 valence electrons. The average molecular weight is 565 g/mol. The molecule has 0 radical (unpaired) electrons. The van der Waals surface area contributed by atoms with Gasteiger partial charge in [0.2, 0.25) is 0 Å². The fourth-order valence-corrected chi connectivity index (χ4v) is 11.0. The molecule has 5 heterocycles. The highest BCUT2D eigenvalue weighted by molar-refractivity contribution is 6.09. The minimum absolute atomic E-state index is 0.00340. The zero-order valence-electron chi connectivity index (χ0n) is 25.5. The van der Waals surface area contributed by atoms with E-state index in [9.17, 15) is 5.11 Å². The van der Waals surface area contributed by atoms with Gasteiger partial charge < -0.3 is 15.0 Å². The number of pyridine rings is 1. The normalized spacial score (nSPS) is 38.0. The van der Waals surface area contributed by atoms with Crippen LogP contribution >= 0.6 is 0 Å². The zero-order chi connectivity index (χ0) is 28.5. The third-order valence-electron chi connectivity index (χ3n) is 12.3. The summed E-state index contributed by atoms with van der Waals surface area (Å²) in [7, 11) is 0. The predicted molar refractivity (Wildman–Crippen MR) is 172 cm³/mol. The van der Waals surface area contributed by atoms with Crippen LogP contribution in [0.3, 0.4) is 0 Å². The van der Waals surface area contributed by atoms with Gasteiger partial charge in [0.25, 0.3) is 0 Å². The lowest BCUT2D eigenvalue weighted by molar-refractivity contribution is -0.198. The van der Waals surface area contributed by atoms with Gasteiger partial charge in [-0.1, -0.05) is 56.9 Å². The van der Waals surface area contributed by atoms with E-state index in [0.717, 1.165) is 55.6 Å². The van der Waals surface area contributed by atoms with Crippen molar-refractivity contribution in [1.29, 1.82) is 0 Å². The Morgan fingerprint density at radius 1 is 1.07 bits per heavy atom. The molecule has 5 aliphatic rings. The van der Waals surface area contributed by atoms with E-state index in [0.29, 0.717) is 12.0 Å². The van der Waals surface area contributed by atoms with Gasteiger partial charge in [0.1, 0.15) is 0 Å². The molecule has 3 saturated heterocycles. The molecule has 5 bridgehead atoms. The van der Waals surface area contributed by atoms with Crippen molar-refractivity contribution in [2.75, 3.05) is 26.2 Å². The second-order valence-corrected chi connectivity index (χ2v) is 14.6. The van der Waals surface area contributed by atoms with Gasteiger partial charge in [-0.25, -0.2) is 0 Å². The van der Waals surface area contributed by atoms with Crippen molar-refractivity contribution in [3.05, 3.63) is 61.0 Å². The maximum Gasteiger partial charge on any atom is 0.0995 e. The number of aromatic amines is 1. The van der Waals surface area contributed by atoms with Crippen molar-refractivity contribution in [1.82, 2.24) is 19.8 Å². The van der Waals surface area contributed by atoms with Gasteiger partial charge in [0.15, 0.2) is 0 Å². The minimum atomic E-state index is -0.881. The molecule has 4 fully saturated rings. The van der Waals surface area contributed by atoms with Crippen LogP contribution in [0.2, 0.25) is 0 Å². The smallest absolute Gasteiger partial charge is 0.0995 e. The topological polar surface area (TPSA) is 55.4 Å². The number of hydrogen-bond acceptors (Lipinski definition) is 4. The Labute approximate surface area is 251 Å². The van der Waals surface area contributed by atoms with Gasteiger partial charge in [0, 0.05) is 40.5 Å². The highest BCUT2D eigenvalue weighted by Gasteiger charge is 2.68. The van der Waals surface area contributed by atoms with E-state index in [1.807, 2.05) is 6.20 Å². The number of nitrogens with zero attached hydrogens (tertiary/aromatic N) is 3. The summed E-state index contributed by atoms with van der Waals surface area (Å²) in [5.74, 6) is 0.388. The Bertz CT molecular complexity index is 1540. The van der Waals surface area contributed by atoms with Crippen LogP contribution in [-0.4, -0.2) is 68.7 Å². The van der Waals surface area contributed by atoms with Crippen molar-refractivity contribution in [2.45, 2.75) is 95.2 Å². The quantitative estimate of drug-likeness (QED) is 0.243. The molecule has 7 atom stereocenters. The van der Waals surface area contributed by atoms with Crippen molar-refractivity contribution in [3.8, 4) is 0 Å². The number of allylic oxidation sites excluding steroid dienone is 1. The Morgan fingerprint density at radius 3 is 2.81 bits per heavy atom. The molecule has 2 N–H and O–H groups in total. The molecule has 0 amide bonds. The number of fused-ring (bicyclic) bond motifs is 4. The fraction of sp³-hybridized carbons (Fsp3) is 0.595. The number of benzene rings is 1. The Kier molecular flexibility index (Phi) is 6.48. The molecule has 42 heavy (non-hydrogen) atoms. The monoisotopic (exact) mass is 564 g/mol. The first-order valence-electron chi connectivity index (χ1n) is 16.9. The number of likely N-dealkylation sites (tertiary alicyclic amines) is 1. The second kappa shape index (κ2) is 10.0. The summed E-state index contributed by atoms with van der Waals surface area (Å²) >= 11 is 0. The maximum atomic E-state index is 13.2. The number of para-hydroxylation sites is 1. The molecule has 3 aliphatic heterocycles. The zero-order valence-corrected chi connectivity index (χ0v) is 25.5. The summed E-state index contributed by atoms with van der Waals surface area (Å²) in [5, 5.41) is 15.7. The second-order valence-electron chi connectivity index (χ2n) is 14.6. The number of unbranched alkanes of at least 4 members (excludes halogenated alkanes) is 2. The lowest BCUT2D eigenvalue weighted by Gasteiger charge is -2.70. The lowest BCUT2D eigenvalue weighted by atomic mass is 9.46. The molecular formula is C37H48N4O. The van der Waals surface area contributed by atoms with Crippen LogP contribution in [0.25, 0.3) is 27.4 Å². The van der Waals surface area contributed by atoms with Crippen molar-refractivity contribution in [3.63, 3.8) is 0 Å². The average Bonchev–Trinajstić information content (AvgIpc) is 3.39. The number of aliphatic hydroxyl groups is 1. The van der Waals surface area contributed by atoms with Gasteiger partial charge in [0.05, 0.1) is 22.9 Å². The molecule has 8 rings (SSSR count). The van der Waals surface area contributed by atoms with Crippen LogP contribution < -0.4 is 0 Å². The fourth-order valence-electron chi connectivity index (χ4n) is 11.0. The minimum Gasteiger partial charge on any atom is -0.384 e. The largest absolute Gasteiger partial charge is 0.384 e. The molecule has 1 saturated carbocycles. The molecule has 5 heteroatoms. The van der Waals surface area contributed by atoms with Crippen molar-refractivity contribution < 1.29 is 5.11 Å². The summed E-state index contributed by atoms with van der Waals surface area (Å²) in [6, 6.07) is 11.2. The van der Waals surface area contributed by atoms with Gasteiger partial charge >= 0.3 is 0 Å². The van der Waals surface area contributed by atoms with Crippen LogP contribution in [0.4, 0.5) is 0 Å². The maximum absolute atomic E-state index is 13.2. The summed E-state index contributed by atoms with van der Waals surface area (Å²) in [6.07, 6.45) is 19.6. The Morgan fingerprint density at radius 2 is 1.93 bits per heavy atom. The van der Waals surface area contributed by atoms with Gasteiger partial charge in [-0.05, 0) is 99.7 Å². The summed E-state index contributed by atoms with van der Waals surface area (Å²) < 4.78 is 0. The molecule has 1 aromatic carbocycles. The predicted octanol–water partition coefficient (Wildman–Crippen LogP) is 7.33. The van der Waals surface area contributed by atoms with Crippen LogP contribution in [0.15, 0.2) is 55.3 Å². The third kappa shape index (κ3) is 3.82. The highest BCUT2D eigenvalue weighted by Crippen LogP contribution is 2.66. The molecule has 3 aromatic rings. The van der Waals surface area contributed by atoms with E-state index in [-0.39, 0.29) is 16.9 Å². The summed E-state index contributed by atoms with van der Waals surface area (Å²) in [4.78, 5) is 14.5. The standard InChI is InChI=1S/C37H48N4O/c1-3-5-10-21-41-31(4-2)35-16-8-9-18-37(42)23-28(29-15-22-40(20-11-17-35)25-36(29,24-35)34(37)41)32-33-27(14-19-38-32)26-12-6-7-13-30(26)39-33/h4,6-7,12-14,19,23,29,31,34,39,42H,2-3,5,8-11,15-18,20-22,24-25H2,1H3/t29-,31-,34+,35?,36-,37-/m0/s1. The van der Waals surface area contributed by atoms with Crippen LogP contribution in [0, 0.1) is 16.7 Å². The van der Waals surface area contributed by atoms with E-state index in [2.05, 4.69) is 70.8 Å². The molecule has 1 spiro atoms. The van der Waals surface area contributed by atoms with E-state index in [1.54, 1.807) is 0 Å². The van der Waals surface area contributed by atoms with Crippen LogP contribution in [-0.2, 0) is 0 Å². The van der Waals surface area contributed by atoms with Crippen LogP contribution in [0.1, 0.15) is 83.2 Å². The SMILES string of the molecule is C=C[C@@H]1N(CCCCC)[C@@H]2[C@@]34CN5CCCC1(CCCC[C@]2(O)C=C(c1nccc2c1[nH]c1ccccc12)[C@@H]3CC5)C4. The van der Waals surface area contributed by atoms with Gasteiger partial charge in [-0.3, -0.25) is 9.88 Å². The van der Waals surface area contributed by atoms with Gasteiger partial charge in [-0.15, -0.1) is 6.58 Å². The number of nitrogens with one attached hydrogen (secondary N) is 1. The van der Waals surface area contributed by atoms with Gasteiger partial charge in [-0.2, -0.15) is 0 Å². The number of H-pyrrole nitrogens is 1. The van der Waals surface area contributed by atoms with Crippen molar-refractivity contribution in [2.24, 2.45) is 16.7 Å². The lowest BCUT2D eigenvalue weighted by Crippen LogP contribution is -2.76. The highest BCUT2D eigenvalue weighted by atomic mass is 16.3. The molecule has 2 unspecified atom stereocenters. The molecule has 5 nitrogen and oxygen atoms in total. The molecule has 2 aliphatic carbocycles.